The van der Waals surface area contributed by atoms with E-state index in [1.165, 1.54) is 12.3 Å². The minimum absolute atomic E-state index is 0.0644. The molecule has 1 heterocycles. The van der Waals surface area contributed by atoms with Crippen LogP contribution in [0.2, 0.25) is 5.02 Å². The van der Waals surface area contributed by atoms with E-state index in [1.807, 2.05) is 6.92 Å². The zero-order chi connectivity index (χ0) is 19.6. The van der Waals surface area contributed by atoms with Crippen LogP contribution in [0.1, 0.15) is 27.0 Å². The van der Waals surface area contributed by atoms with E-state index in [0.717, 1.165) is 23.3 Å². The number of pyridine rings is 1. The van der Waals surface area contributed by atoms with Gasteiger partial charge in [0.15, 0.2) is 5.78 Å². The zero-order valence-corrected chi connectivity index (χ0v) is 15.1. The molecule has 0 aliphatic heterocycles. The van der Waals surface area contributed by atoms with Gasteiger partial charge in [0.1, 0.15) is 0 Å². The van der Waals surface area contributed by atoms with E-state index in [1.54, 1.807) is 36.5 Å². The Balaban J connectivity index is 1.84. The zero-order valence-electron chi connectivity index (χ0n) is 14.3. The summed E-state index contributed by atoms with van der Waals surface area (Å²) >= 11 is 6.07. The molecular formula is C21H15ClF3NO. The van der Waals surface area contributed by atoms with Gasteiger partial charge in [-0.25, -0.2) is 0 Å². The van der Waals surface area contributed by atoms with Gasteiger partial charge >= 0.3 is 6.18 Å². The van der Waals surface area contributed by atoms with Crippen molar-refractivity contribution in [1.29, 1.82) is 0 Å². The highest BCUT2D eigenvalue weighted by atomic mass is 35.5. The molecule has 0 N–H and O–H groups in total. The fourth-order valence-corrected chi connectivity index (χ4v) is 2.99. The molecule has 1 aromatic heterocycles. The summed E-state index contributed by atoms with van der Waals surface area (Å²) in [7, 11) is 0. The molecule has 6 heteroatoms. The molecule has 0 unspecified atom stereocenters. The van der Waals surface area contributed by atoms with Crippen molar-refractivity contribution < 1.29 is 18.0 Å². The van der Waals surface area contributed by atoms with Crippen LogP contribution in [0.15, 0.2) is 60.9 Å². The second kappa shape index (κ2) is 7.53. The van der Waals surface area contributed by atoms with Gasteiger partial charge in [0.25, 0.3) is 0 Å². The number of alkyl halides is 3. The summed E-state index contributed by atoms with van der Waals surface area (Å²) in [6.07, 6.45) is -1.09. The van der Waals surface area contributed by atoms with Crippen LogP contribution in [0.25, 0.3) is 11.1 Å². The van der Waals surface area contributed by atoms with Gasteiger partial charge in [-0.3, -0.25) is 9.78 Å². The number of aryl methyl sites for hydroxylation is 1. The summed E-state index contributed by atoms with van der Waals surface area (Å²) in [4.78, 5) is 16.4. The standard InChI is InChI=1S/C21H15ClF3NO/c1-13-8-9-26-12-18(13)20(27)10-14-2-4-15(5-3-14)17-11-16(21(23,24)25)6-7-19(17)22/h2-9,11-12H,10H2,1H3. The molecule has 0 amide bonds. The lowest BCUT2D eigenvalue weighted by Crippen LogP contribution is -2.06. The van der Waals surface area contributed by atoms with Crippen LogP contribution in [0.3, 0.4) is 0 Å². The van der Waals surface area contributed by atoms with E-state index in [0.29, 0.717) is 16.7 Å². The van der Waals surface area contributed by atoms with Gasteiger partial charge in [0.2, 0.25) is 0 Å². The van der Waals surface area contributed by atoms with Crippen molar-refractivity contribution in [2.45, 2.75) is 19.5 Å². The molecule has 0 atom stereocenters. The summed E-state index contributed by atoms with van der Waals surface area (Å²) in [5.74, 6) is -0.0644. The molecule has 0 bridgehead atoms. The highest BCUT2D eigenvalue weighted by Crippen LogP contribution is 2.36. The predicted octanol–water partition coefficient (Wildman–Crippen LogP) is 6.15. The molecule has 0 spiro atoms. The Morgan fingerprint density at radius 3 is 2.41 bits per heavy atom. The summed E-state index contributed by atoms with van der Waals surface area (Å²) in [6.45, 7) is 1.84. The number of hydrogen-bond donors (Lipinski definition) is 0. The Morgan fingerprint density at radius 2 is 1.78 bits per heavy atom. The maximum absolute atomic E-state index is 12.9. The molecule has 0 radical (unpaired) electrons. The number of Topliss-reactive ketones (excluding diaryl/α,β-unsaturated/α-hetero) is 1. The van der Waals surface area contributed by atoms with Crippen molar-refractivity contribution in [2.75, 3.05) is 0 Å². The van der Waals surface area contributed by atoms with Crippen LogP contribution in [0.4, 0.5) is 13.2 Å². The molecule has 0 fully saturated rings. The molecule has 3 aromatic rings. The number of ketones is 1. The van der Waals surface area contributed by atoms with Crippen LogP contribution in [0.5, 0.6) is 0 Å². The Kier molecular flexibility index (Phi) is 5.33. The van der Waals surface area contributed by atoms with Crippen molar-refractivity contribution in [2.24, 2.45) is 0 Å². The number of benzene rings is 2. The molecule has 138 valence electrons. The van der Waals surface area contributed by atoms with Gasteiger partial charge in [-0.1, -0.05) is 35.9 Å². The number of halogens is 4. The first-order chi connectivity index (χ1) is 12.8. The van der Waals surface area contributed by atoms with Gasteiger partial charge < -0.3 is 0 Å². The fraction of sp³-hybridized carbons (Fsp3) is 0.143. The van der Waals surface area contributed by atoms with E-state index in [4.69, 9.17) is 11.6 Å². The van der Waals surface area contributed by atoms with E-state index < -0.39 is 11.7 Å². The minimum atomic E-state index is -4.44. The third-order valence-electron chi connectivity index (χ3n) is 4.26. The first-order valence-corrected chi connectivity index (χ1v) is 8.53. The monoisotopic (exact) mass is 389 g/mol. The number of carbonyl (C=O) groups excluding carboxylic acids is 1. The summed E-state index contributed by atoms with van der Waals surface area (Å²) in [5, 5.41) is 0.234. The van der Waals surface area contributed by atoms with E-state index in [-0.39, 0.29) is 17.2 Å². The summed E-state index contributed by atoms with van der Waals surface area (Å²) in [6, 6.07) is 11.8. The lowest BCUT2D eigenvalue weighted by Gasteiger charge is -2.11. The van der Waals surface area contributed by atoms with Crippen molar-refractivity contribution in [3.8, 4) is 11.1 Å². The second-order valence-corrected chi connectivity index (χ2v) is 6.59. The summed E-state index contributed by atoms with van der Waals surface area (Å²) < 4.78 is 38.8. The molecule has 2 nitrogen and oxygen atoms in total. The van der Waals surface area contributed by atoms with Gasteiger partial charge in [0.05, 0.1) is 5.56 Å². The SMILES string of the molecule is Cc1ccncc1C(=O)Cc1ccc(-c2cc(C(F)(F)F)ccc2Cl)cc1. The lowest BCUT2D eigenvalue weighted by atomic mass is 9.98. The van der Waals surface area contributed by atoms with Crippen molar-refractivity contribution in [3.05, 3.63) is 88.2 Å². The topological polar surface area (TPSA) is 30.0 Å². The molecule has 0 saturated carbocycles. The van der Waals surface area contributed by atoms with E-state index in [9.17, 15) is 18.0 Å². The van der Waals surface area contributed by atoms with Crippen molar-refractivity contribution in [3.63, 3.8) is 0 Å². The number of rotatable bonds is 4. The Bertz CT molecular complexity index is 981. The largest absolute Gasteiger partial charge is 0.416 e. The van der Waals surface area contributed by atoms with Crippen LogP contribution in [-0.2, 0) is 12.6 Å². The van der Waals surface area contributed by atoms with Gasteiger partial charge in [-0.05, 0) is 47.9 Å². The van der Waals surface area contributed by atoms with Crippen molar-refractivity contribution >= 4 is 17.4 Å². The number of aromatic nitrogens is 1. The normalized spacial score (nSPS) is 11.4. The highest BCUT2D eigenvalue weighted by Gasteiger charge is 2.31. The lowest BCUT2D eigenvalue weighted by molar-refractivity contribution is -0.137. The van der Waals surface area contributed by atoms with E-state index in [2.05, 4.69) is 4.98 Å². The first-order valence-electron chi connectivity index (χ1n) is 8.15. The average molecular weight is 390 g/mol. The molecule has 0 aliphatic rings. The van der Waals surface area contributed by atoms with Crippen molar-refractivity contribution in [1.82, 2.24) is 4.98 Å². The quantitative estimate of drug-likeness (QED) is 0.500. The summed E-state index contributed by atoms with van der Waals surface area (Å²) in [5.41, 5.74) is 2.26. The van der Waals surface area contributed by atoms with Gasteiger partial charge in [0, 0.05) is 35.0 Å². The molecule has 3 rings (SSSR count). The van der Waals surface area contributed by atoms with Gasteiger partial charge in [-0.2, -0.15) is 13.2 Å². The highest BCUT2D eigenvalue weighted by molar-refractivity contribution is 6.33. The molecular weight excluding hydrogens is 375 g/mol. The van der Waals surface area contributed by atoms with Crippen LogP contribution in [0, 0.1) is 6.92 Å². The molecule has 0 saturated heterocycles. The molecule has 27 heavy (non-hydrogen) atoms. The maximum atomic E-state index is 12.9. The third kappa shape index (κ3) is 4.37. The third-order valence-corrected chi connectivity index (χ3v) is 4.59. The Labute approximate surface area is 159 Å². The molecule has 0 aliphatic carbocycles. The number of nitrogens with zero attached hydrogens (tertiary/aromatic N) is 1. The predicted molar refractivity (Wildman–Crippen MR) is 98.9 cm³/mol. The van der Waals surface area contributed by atoms with Crippen LogP contribution >= 0.6 is 11.6 Å². The smallest absolute Gasteiger partial charge is 0.294 e. The first kappa shape index (κ1) is 19.1. The van der Waals surface area contributed by atoms with Crippen LogP contribution < -0.4 is 0 Å². The fourth-order valence-electron chi connectivity index (χ4n) is 2.76. The average Bonchev–Trinajstić information content (AvgIpc) is 2.62. The van der Waals surface area contributed by atoms with Crippen LogP contribution in [-0.4, -0.2) is 10.8 Å². The molecule has 2 aromatic carbocycles. The van der Waals surface area contributed by atoms with Gasteiger partial charge in [-0.15, -0.1) is 0 Å². The minimum Gasteiger partial charge on any atom is -0.294 e. The Hall–Kier alpha value is -2.66. The Morgan fingerprint density at radius 1 is 1.07 bits per heavy atom. The maximum Gasteiger partial charge on any atom is 0.416 e. The number of carbonyl (C=O) groups is 1. The second-order valence-electron chi connectivity index (χ2n) is 6.18. The number of hydrogen-bond acceptors (Lipinski definition) is 2. The van der Waals surface area contributed by atoms with E-state index >= 15 is 0 Å².